The molecule has 0 saturated carbocycles. The first-order chi connectivity index (χ1) is 10.7. The van der Waals surface area contributed by atoms with Crippen LogP contribution in [0, 0.1) is 0 Å². The Morgan fingerprint density at radius 2 is 1.65 bits per heavy atom. The minimum atomic E-state index is -0.321. The predicted molar refractivity (Wildman–Crippen MR) is 90.3 cm³/mol. The smallest absolute Gasteiger partial charge is 0.410 e. The van der Waals surface area contributed by atoms with Gasteiger partial charge >= 0.3 is 6.09 Å². The molecule has 1 fully saturated rings. The number of hydrogen-bond donors (Lipinski definition) is 1. The van der Waals surface area contributed by atoms with Crippen LogP contribution in [0.5, 0.6) is 0 Å². The molecule has 23 heavy (non-hydrogen) atoms. The number of nitrogens with zero attached hydrogens (tertiary/aromatic N) is 2. The van der Waals surface area contributed by atoms with E-state index in [9.17, 15) is 9.59 Å². The molecule has 6 nitrogen and oxygen atoms in total. The minimum Gasteiger partial charge on any atom is -0.445 e. The molecule has 0 spiro atoms. The Kier molecular flexibility index (Phi) is 8.43. The van der Waals surface area contributed by atoms with Gasteiger partial charge in [-0.3, -0.25) is 4.79 Å². The predicted octanol–water partition coefficient (Wildman–Crippen LogP) is 1.63. The topological polar surface area (TPSA) is 75.9 Å². The Morgan fingerprint density at radius 3 is 2.26 bits per heavy atom. The van der Waals surface area contributed by atoms with Crippen LogP contribution in [0.1, 0.15) is 18.4 Å². The molecule has 1 aromatic rings. The first-order valence-corrected chi connectivity index (χ1v) is 7.64. The fraction of sp³-hybridized carbons (Fsp3) is 0.500. The Labute approximate surface area is 143 Å². The number of rotatable bonds is 5. The maximum Gasteiger partial charge on any atom is 0.410 e. The van der Waals surface area contributed by atoms with Crippen LogP contribution in [0.2, 0.25) is 0 Å². The Bertz CT molecular complexity index is 491. The van der Waals surface area contributed by atoms with Crippen molar-refractivity contribution in [3.05, 3.63) is 35.9 Å². The van der Waals surface area contributed by atoms with E-state index in [0.717, 1.165) is 5.56 Å². The van der Waals surface area contributed by atoms with Gasteiger partial charge in [0, 0.05) is 32.6 Å². The lowest BCUT2D eigenvalue weighted by Gasteiger charge is -2.34. The van der Waals surface area contributed by atoms with Crippen LogP contribution in [0.4, 0.5) is 4.79 Å². The minimum absolute atomic E-state index is 0. The SMILES string of the molecule is Cl.NCCCC(=O)N1CCN(C(=O)OCc2ccccc2)CC1. The third kappa shape index (κ3) is 6.08. The summed E-state index contributed by atoms with van der Waals surface area (Å²) in [6.07, 6.45) is 0.866. The molecule has 1 aliphatic rings. The van der Waals surface area contributed by atoms with E-state index in [1.165, 1.54) is 0 Å². The number of amides is 2. The summed E-state index contributed by atoms with van der Waals surface area (Å²) in [5.41, 5.74) is 6.37. The zero-order chi connectivity index (χ0) is 15.8. The van der Waals surface area contributed by atoms with Crippen molar-refractivity contribution in [2.45, 2.75) is 19.4 Å². The van der Waals surface area contributed by atoms with E-state index >= 15 is 0 Å². The van der Waals surface area contributed by atoms with Gasteiger partial charge in [0.1, 0.15) is 6.61 Å². The molecule has 0 aromatic heterocycles. The van der Waals surface area contributed by atoms with Crippen LogP contribution in [0.25, 0.3) is 0 Å². The Hall–Kier alpha value is -1.79. The average Bonchev–Trinajstić information content (AvgIpc) is 2.58. The second-order valence-corrected chi connectivity index (χ2v) is 5.30. The van der Waals surface area contributed by atoms with Gasteiger partial charge in [0.05, 0.1) is 0 Å². The zero-order valence-electron chi connectivity index (χ0n) is 13.1. The van der Waals surface area contributed by atoms with Gasteiger partial charge in [0.15, 0.2) is 0 Å². The molecular weight excluding hydrogens is 318 g/mol. The first kappa shape index (κ1) is 19.3. The van der Waals surface area contributed by atoms with Crippen molar-refractivity contribution in [3.8, 4) is 0 Å². The standard InChI is InChI=1S/C16H23N3O3.ClH/c17-8-4-7-15(20)18-9-11-19(12-10-18)16(21)22-13-14-5-2-1-3-6-14;/h1-3,5-6H,4,7-13,17H2;1H. The monoisotopic (exact) mass is 341 g/mol. The Morgan fingerprint density at radius 1 is 1.04 bits per heavy atom. The van der Waals surface area contributed by atoms with Crippen LogP contribution in [0.15, 0.2) is 30.3 Å². The van der Waals surface area contributed by atoms with Gasteiger partial charge in [-0.2, -0.15) is 0 Å². The second-order valence-electron chi connectivity index (χ2n) is 5.30. The molecule has 1 saturated heterocycles. The lowest BCUT2D eigenvalue weighted by atomic mass is 10.2. The molecule has 2 amide bonds. The summed E-state index contributed by atoms with van der Waals surface area (Å²) < 4.78 is 5.30. The molecule has 0 atom stereocenters. The number of nitrogens with two attached hydrogens (primary N) is 1. The highest BCUT2D eigenvalue weighted by Gasteiger charge is 2.24. The van der Waals surface area contributed by atoms with Crippen molar-refractivity contribution in [2.75, 3.05) is 32.7 Å². The molecule has 1 aromatic carbocycles. The van der Waals surface area contributed by atoms with Gasteiger partial charge < -0.3 is 20.3 Å². The van der Waals surface area contributed by atoms with Gasteiger partial charge in [-0.1, -0.05) is 30.3 Å². The number of piperazine rings is 1. The molecule has 128 valence electrons. The Balaban J connectivity index is 0.00000264. The summed E-state index contributed by atoms with van der Waals surface area (Å²) >= 11 is 0. The number of benzene rings is 1. The molecule has 2 rings (SSSR count). The van der Waals surface area contributed by atoms with Crippen molar-refractivity contribution in [3.63, 3.8) is 0 Å². The van der Waals surface area contributed by atoms with E-state index in [4.69, 9.17) is 10.5 Å². The van der Waals surface area contributed by atoms with E-state index in [0.29, 0.717) is 45.6 Å². The number of ether oxygens (including phenoxy) is 1. The van der Waals surface area contributed by atoms with E-state index in [-0.39, 0.29) is 31.0 Å². The summed E-state index contributed by atoms with van der Waals surface area (Å²) in [6, 6.07) is 9.58. The summed E-state index contributed by atoms with van der Waals surface area (Å²) in [4.78, 5) is 27.3. The molecule has 0 unspecified atom stereocenters. The molecule has 0 aliphatic carbocycles. The van der Waals surface area contributed by atoms with Gasteiger partial charge in [-0.15, -0.1) is 12.4 Å². The van der Waals surface area contributed by atoms with Crippen molar-refractivity contribution < 1.29 is 14.3 Å². The van der Waals surface area contributed by atoms with E-state index in [1.54, 1.807) is 9.80 Å². The van der Waals surface area contributed by atoms with Crippen LogP contribution >= 0.6 is 12.4 Å². The fourth-order valence-corrected chi connectivity index (χ4v) is 2.36. The molecular formula is C16H24ClN3O3. The molecule has 2 N–H and O–H groups in total. The van der Waals surface area contributed by atoms with E-state index < -0.39 is 0 Å². The molecule has 1 heterocycles. The second kappa shape index (κ2) is 10.1. The number of carbonyl (C=O) groups is 2. The highest BCUT2D eigenvalue weighted by molar-refractivity contribution is 5.85. The summed E-state index contributed by atoms with van der Waals surface area (Å²) in [7, 11) is 0. The van der Waals surface area contributed by atoms with Gasteiger partial charge in [-0.25, -0.2) is 4.79 Å². The number of halogens is 1. The van der Waals surface area contributed by atoms with E-state index in [2.05, 4.69) is 0 Å². The highest BCUT2D eigenvalue weighted by atomic mass is 35.5. The third-order valence-corrected chi connectivity index (χ3v) is 3.69. The van der Waals surface area contributed by atoms with Gasteiger partial charge in [0.2, 0.25) is 5.91 Å². The van der Waals surface area contributed by atoms with Crippen molar-refractivity contribution >= 4 is 24.4 Å². The quantitative estimate of drug-likeness (QED) is 0.883. The lowest BCUT2D eigenvalue weighted by molar-refractivity contribution is -0.132. The first-order valence-electron chi connectivity index (χ1n) is 7.64. The number of carbonyl (C=O) groups excluding carboxylic acids is 2. The average molecular weight is 342 g/mol. The summed E-state index contributed by atoms with van der Waals surface area (Å²) in [5.74, 6) is 0.114. The normalized spacial score (nSPS) is 14.1. The maximum atomic E-state index is 12.0. The zero-order valence-corrected chi connectivity index (χ0v) is 14.0. The third-order valence-electron chi connectivity index (χ3n) is 3.69. The van der Waals surface area contributed by atoms with Crippen LogP contribution < -0.4 is 5.73 Å². The van der Waals surface area contributed by atoms with Crippen LogP contribution in [0.3, 0.4) is 0 Å². The van der Waals surface area contributed by atoms with Gasteiger partial charge in [-0.05, 0) is 18.5 Å². The van der Waals surface area contributed by atoms with Crippen molar-refractivity contribution in [1.29, 1.82) is 0 Å². The summed E-state index contributed by atoms with van der Waals surface area (Å²) in [6.45, 7) is 2.95. The van der Waals surface area contributed by atoms with E-state index in [1.807, 2.05) is 30.3 Å². The summed E-state index contributed by atoms with van der Waals surface area (Å²) in [5, 5.41) is 0. The largest absolute Gasteiger partial charge is 0.445 e. The highest BCUT2D eigenvalue weighted by Crippen LogP contribution is 2.08. The fourth-order valence-electron chi connectivity index (χ4n) is 2.36. The van der Waals surface area contributed by atoms with Gasteiger partial charge in [0.25, 0.3) is 0 Å². The molecule has 0 radical (unpaired) electrons. The van der Waals surface area contributed by atoms with Crippen molar-refractivity contribution in [1.82, 2.24) is 9.80 Å². The molecule has 7 heteroatoms. The molecule has 0 bridgehead atoms. The number of hydrogen-bond acceptors (Lipinski definition) is 4. The molecule has 1 aliphatic heterocycles. The lowest BCUT2D eigenvalue weighted by Crippen LogP contribution is -2.50. The van der Waals surface area contributed by atoms with Crippen molar-refractivity contribution in [2.24, 2.45) is 5.73 Å². The maximum absolute atomic E-state index is 12.0. The van der Waals surface area contributed by atoms with Crippen LogP contribution in [-0.2, 0) is 16.1 Å². The van der Waals surface area contributed by atoms with Crippen LogP contribution in [-0.4, -0.2) is 54.5 Å².